The number of thioether (sulfide) groups is 1. The topological polar surface area (TPSA) is 56.0 Å². The first-order valence-electron chi connectivity index (χ1n) is 4.02. The third kappa shape index (κ3) is 3.59. The highest BCUT2D eigenvalue weighted by molar-refractivity contribution is 7.97. The molecule has 0 aliphatic heterocycles. The number of rotatable bonds is 5. The Kier molecular flexibility index (Phi) is 3.95. The zero-order valence-corrected chi connectivity index (χ0v) is 8.56. The van der Waals surface area contributed by atoms with Gasteiger partial charge in [0.05, 0.1) is 5.75 Å². The monoisotopic (exact) mass is 200 g/mol. The first-order chi connectivity index (χ1) is 6.22. The van der Waals surface area contributed by atoms with Crippen LogP contribution in [0.5, 0.6) is 0 Å². The van der Waals surface area contributed by atoms with Gasteiger partial charge in [-0.05, 0) is 13.2 Å². The van der Waals surface area contributed by atoms with E-state index >= 15 is 0 Å². The van der Waals surface area contributed by atoms with E-state index in [0.717, 1.165) is 5.75 Å². The molecule has 0 aliphatic carbocycles. The van der Waals surface area contributed by atoms with Crippen molar-refractivity contribution in [3.05, 3.63) is 11.7 Å². The predicted octanol–water partition coefficient (Wildman–Crippen LogP) is 1.45. The number of hydrogen-bond acceptors (Lipinski definition) is 5. The number of carbonyl (C=O) groups is 1. The molecular weight excluding hydrogens is 188 g/mol. The number of aromatic nitrogens is 2. The summed E-state index contributed by atoms with van der Waals surface area (Å²) in [5, 5.41) is 3.77. The Balaban J connectivity index is 2.44. The molecule has 0 unspecified atom stereocenters. The summed E-state index contributed by atoms with van der Waals surface area (Å²) in [6.45, 7) is 1.55. The second-order valence-electron chi connectivity index (χ2n) is 2.74. The summed E-state index contributed by atoms with van der Waals surface area (Å²) in [6.07, 6.45) is 3.00. The molecule has 0 spiro atoms. The molecule has 4 nitrogen and oxygen atoms in total. The van der Waals surface area contributed by atoms with E-state index in [-0.39, 0.29) is 5.78 Å². The van der Waals surface area contributed by atoms with E-state index in [1.54, 1.807) is 18.7 Å². The van der Waals surface area contributed by atoms with Crippen molar-refractivity contribution in [1.82, 2.24) is 10.1 Å². The summed E-state index contributed by atoms with van der Waals surface area (Å²) >= 11 is 1.64. The van der Waals surface area contributed by atoms with Gasteiger partial charge in [-0.25, -0.2) is 0 Å². The number of nitrogens with zero attached hydrogens (tertiary/aromatic N) is 2. The highest BCUT2D eigenvalue weighted by atomic mass is 32.2. The molecule has 0 radical (unpaired) electrons. The molecule has 5 heteroatoms. The Bertz CT molecular complexity index is 285. The van der Waals surface area contributed by atoms with Crippen molar-refractivity contribution in [3.8, 4) is 0 Å². The Morgan fingerprint density at radius 2 is 2.38 bits per heavy atom. The molecule has 0 fully saturated rings. The molecule has 1 rings (SSSR count). The van der Waals surface area contributed by atoms with Crippen molar-refractivity contribution in [2.24, 2.45) is 0 Å². The Morgan fingerprint density at radius 3 is 3.00 bits per heavy atom. The van der Waals surface area contributed by atoms with Crippen LogP contribution < -0.4 is 0 Å². The molecule has 0 aliphatic rings. The van der Waals surface area contributed by atoms with Crippen molar-refractivity contribution in [2.45, 2.75) is 25.5 Å². The van der Waals surface area contributed by atoms with Crippen molar-refractivity contribution in [1.29, 1.82) is 0 Å². The van der Waals surface area contributed by atoms with Crippen LogP contribution in [0.4, 0.5) is 0 Å². The van der Waals surface area contributed by atoms with Crippen LogP contribution in [0.25, 0.3) is 0 Å². The van der Waals surface area contributed by atoms with Gasteiger partial charge in [-0.3, -0.25) is 0 Å². The fourth-order valence-electron chi connectivity index (χ4n) is 0.862. The van der Waals surface area contributed by atoms with Crippen LogP contribution in [0.15, 0.2) is 4.52 Å². The average molecular weight is 200 g/mol. The number of ketones is 1. The van der Waals surface area contributed by atoms with Gasteiger partial charge in [0.2, 0.25) is 5.89 Å². The molecule has 1 aromatic heterocycles. The minimum atomic E-state index is 0.143. The van der Waals surface area contributed by atoms with Crippen LogP contribution in [0.1, 0.15) is 25.1 Å². The van der Waals surface area contributed by atoms with Gasteiger partial charge >= 0.3 is 0 Å². The predicted molar refractivity (Wildman–Crippen MR) is 50.5 cm³/mol. The molecule has 0 saturated heterocycles. The normalized spacial score (nSPS) is 10.3. The van der Waals surface area contributed by atoms with E-state index in [0.29, 0.717) is 24.6 Å². The zero-order chi connectivity index (χ0) is 9.68. The fraction of sp³-hybridized carbons (Fsp3) is 0.625. The number of hydrogen-bond donors (Lipinski definition) is 0. The summed E-state index contributed by atoms with van der Waals surface area (Å²) < 4.78 is 4.94. The molecule has 0 atom stereocenters. The molecule has 1 heterocycles. The summed E-state index contributed by atoms with van der Waals surface area (Å²) in [7, 11) is 0. The van der Waals surface area contributed by atoms with E-state index in [9.17, 15) is 4.79 Å². The van der Waals surface area contributed by atoms with Crippen molar-refractivity contribution < 1.29 is 9.32 Å². The number of Topliss-reactive ketones (excluding diaryl/α,β-unsaturated/α-hetero) is 1. The first kappa shape index (κ1) is 10.2. The van der Waals surface area contributed by atoms with Crippen LogP contribution >= 0.6 is 11.8 Å². The van der Waals surface area contributed by atoms with Crippen LogP contribution in [0.2, 0.25) is 0 Å². The lowest BCUT2D eigenvalue weighted by Gasteiger charge is -1.88. The molecule has 0 bridgehead atoms. The van der Waals surface area contributed by atoms with E-state index < -0.39 is 0 Å². The highest BCUT2D eigenvalue weighted by Crippen LogP contribution is 2.06. The molecule has 0 N–H and O–H groups in total. The summed E-state index contributed by atoms with van der Waals surface area (Å²) in [4.78, 5) is 14.8. The molecule has 13 heavy (non-hydrogen) atoms. The Morgan fingerprint density at radius 1 is 1.62 bits per heavy atom. The third-order valence-corrected chi connectivity index (χ3v) is 2.02. The lowest BCUT2D eigenvalue weighted by molar-refractivity contribution is -0.117. The standard InChI is InChI=1S/C8H12N2O2S/c1-6(11)3-4-8-9-7(5-13-2)10-12-8/h3-5H2,1-2H3. The van der Waals surface area contributed by atoms with E-state index in [1.165, 1.54) is 0 Å². The largest absolute Gasteiger partial charge is 0.339 e. The Hall–Kier alpha value is -0.840. The van der Waals surface area contributed by atoms with E-state index in [4.69, 9.17) is 4.52 Å². The van der Waals surface area contributed by atoms with Gasteiger partial charge in [0.15, 0.2) is 5.82 Å². The first-order valence-corrected chi connectivity index (χ1v) is 5.41. The molecule has 72 valence electrons. The summed E-state index contributed by atoms with van der Waals surface area (Å²) in [5.74, 6) is 2.15. The molecule has 0 aromatic carbocycles. The van der Waals surface area contributed by atoms with Gasteiger partial charge in [0.1, 0.15) is 5.78 Å². The van der Waals surface area contributed by atoms with E-state index in [2.05, 4.69) is 10.1 Å². The SMILES string of the molecule is CSCc1noc(CCC(C)=O)n1. The molecular formula is C8H12N2O2S. The number of aryl methyl sites for hydroxylation is 1. The fourth-order valence-corrected chi connectivity index (χ4v) is 1.24. The minimum absolute atomic E-state index is 0.143. The summed E-state index contributed by atoms with van der Waals surface area (Å²) in [5.41, 5.74) is 0. The smallest absolute Gasteiger partial charge is 0.227 e. The zero-order valence-electron chi connectivity index (χ0n) is 7.74. The maximum Gasteiger partial charge on any atom is 0.227 e. The van der Waals surface area contributed by atoms with Gasteiger partial charge in [0, 0.05) is 12.8 Å². The van der Waals surface area contributed by atoms with Gasteiger partial charge in [-0.2, -0.15) is 16.7 Å². The van der Waals surface area contributed by atoms with Crippen molar-refractivity contribution in [2.75, 3.05) is 6.26 Å². The maximum absolute atomic E-state index is 10.7. The molecule has 0 amide bonds. The third-order valence-electron chi connectivity index (χ3n) is 1.47. The van der Waals surface area contributed by atoms with Crippen LogP contribution in [-0.4, -0.2) is 22.2 Å². The van der Waals surface area contributed by atoms with Gasteiger partial charge in [-0.15, -0.1) is 0 Å². The summed E-state index contributed by atoms with van der Waals surface area (Å²) in [6, 6.07) is 0. The Labute approximate surface area is 81.1 Å². The second-order valence-corrected chi connectivity index (χ2v) is 3.61. The van der Waals surface area contributed by atoms with Gasteiger partial charge < -0.3 is 9.32 Å². The second kappa shape index (κ2) is 5.01. The minimum Gasteiger partial charge on any atom is -0.339 e. The van der Waals surface area contributed by atoms with Gasteiger partial charge in [0.25, 0.3) is 0 Å². The molecule has 1 aromatic rings. The van der Waals surface area contributed by atoms with Crippen LogP contribution in [0.3, 0.4) is 0 Å². The quantitative estimate of drug-likeness (QED) is 0.720. The van der Waals surface area contributed by atoms with Crippen LogP contribution in [0, 0.1) is 0 Å². The van der Waals surface area contributed by atoms with Crippen molar-refractivity contribution in [3.63, 3.8) is 0 Å². The lowest BCUT2D eigenvalue weighted by atomic mass is 10.2. The maximum atomic E-state index is 10.7. The average Bonchev–Trinajstić information content (AvgIpc) is 2.50. The van der Waals surface area contributed by atoms with Crippen molar-refractivity contribution >= 4 is 17.5 Å². The lowest BCUT2D eigenvalue weighted by Crippen LogP contribution is -1.94. The highest BCUT2D eigenvalue weighted by Gasteiger charge is 2.06. The number of carbonyl (C=O) groups excluding carboxylic acids is 1. The van der Waals surface area contributed by atoms with Crippen LogP contribution in [-0.2, 0) is 17.0 Å². The van der Waals surface area contributed by atoms with E-state index in [1.807, 2.05) is 6.26 Å². The molecule has 0 saturated carbocycles. The van der Waals surface area contributed by atoms with Gasteiger partial charge in [-0.1, -0.05) is 5.16 Å².